The van der Waals surface area contributed by atoms with Crippen molar-refractivity contribution in [2.24, 2.45) is 7.05 Å². The molecule has 0 atom stereocenters. The average molecular weight is 517 g/mol. The Bertz CT molecular complexity index is 1450. The largest absolute Gasteiger partial charge is 0.361 e. The molecule has 1 saturated heterocycles. The molecule has 5 heterocycles. The van der Waals surface area contributed by atoms with Crippen LogP contribution in [-0.2, 0) is 18.4 Å². The number of aromatic nitrogens is 4. The highest BCUT2D eigenvalue weighted by Crippen LogP contribution is 2.30. The number of nitrogens with one attached hydrogen (secondary N) is 2. The van der Waals surface area contributed by atoms with Gasteiger partial charge in [-0.1, -0.05) is 11.2 Å². The molecule has 0 spiro atoms. The molecule has 2 aliphatic rings. The van der Waals surface area contributed by atoms with Gasteiger partial charge in [0.1, 0.15) is 34.6 Å². The van der Waals surface area contributed by atoms with Crippen LogP contribution in [0.25, 0.3) is 0 Å². The minimum atomic E-state index is -2.67. The molecule has 1 fully saturated rings. The summed E-state index contributed by atoms with van der Waals surface area (Å²) in [6, 6.07) is 6.64. The zero-order valence-electron chi connectivity index (χ0n) is 20.3. The van der Waals surface area contributed by atoms with Crippen LogP contribution in [0.2, 0.25) is 0 Å². The summed E-state index contributed by atoms with van der Waals surface area (Å²) in [7, 11) is 1.54. The number of alkyl halides is 2. The first kappa shape index (κ1) is 24.5. The van der Waals surface area contributed by atoms with Crippen molar-refractivity contribution in [2.45, 2.75) is 32.2 Å². The van der Waals surface area contributed by atoms with Crippen molar-refractivity contribution in [3.63, 3.8) is 0 Å². The van der Waals surface area contributed by atoms with Crippen molar-refractivity contribution >= 4 is 29.0 Å². The fourth-order valence-electron chi connectivity index (χ4n) is 4.50. The fraction of sp³-hybridized carbons (Fsp3) is 0.435. The summed E-state index contributed by atoms with van der Waals surface area (Å²) in [5.41, 5.74) is -0.470. The van der Waals surface area contributed by atoms with Gasteiger partial charge in [0.05, 0.1) is 19.8 Å². The lowest BCUT2D eigenvalue weighted by Crippen LogP contribution is -2.42. The number of rotatable bonds is 6. The number of carbonyl (C=O) groups excluding carboxylic acids is 1. The molecule has 0 aliphatic carbocycles. The maximum absolute atomic E-state index is 13.5. The lowest BCUT2D eigenvalue weighted by Gasteiger charge is -2.32. The third kappa shape index (κ3) is 4.90. The lowest BCUT2D eigenvalue weighted by molar-refractivity contribution is -0.115. The van der Waals surface area contributed by atoms with Crippen molar-refractivity contribution in [1.29, 1.82) is 0 Å². The zero-order chi connectivity index (χ0) is 26.3. The zero-order valence-corrected chi connectivity index (χ0v) is 20.3. The maximum Gasteiger partial charge on any atom is 0.332 e. The standard InChI is InChI=1S/C23H26F2N8O4/c1-14-10-15(29-37-14)11-33-21(35)19-20(30(2)22(33)36)26-13-32(19)12-18(34)28-16-4-3-5-17(27-16)31-8-6-23(24,25)7-9-31/h3-5,10,26H,6-9,11-13H2,1-2H3,(H,27,28,34). The SMILES string of the molecule is Cc1cc(Cn2c(=O)c3c(n(C)c2=O)NCN3CC(=O)Nc2cccc(N3CCC(F)(F)CC3)n2)no1. The highest BCUT2D eigenvalue weighted by Gasteiger charge is 2.34. The topological polar surface area (TPSA) is 131 Å². The van der Waals surface area contributed by atoms with Gasteiger partial charge in [-0.15, -0.1) is 0 Å². The van der Waals surface area contributed by atoms with Crippen LogP contribution in [0.5, 0.6) is 0 Å². The molecule has 5 rings (SSSR count). The van der Waals surface area contributed by atoms with Crippen LogP contribution in [0.4, 0.5) is 31.9 Å². The van der Waals surface area contributed by atoms with Gasteiger partial charge < -0.3 is 25.0 Å². The van der Waals surface area contributed by atoms with Crippen LogP contribution in [-0.4, -0.2) is 57.4 Å². The van der Waals surface area contributed by atoms with Crippen LogP contribution in [0.3, 0.4) is 0 Å². The van der Waals surface area contributed by atoms with Gasteiger partial charge in [-0.2, -0.15) is 0 Å². The highest BCUT2D eigenvalue weighted by molar-refractivity contribution is 5.94. The number of aryl methyl sites for hydroxylation is 1. The van der Waals surface area contributed by atoms with E-state index in [1.165, 1.54) is 16.5 Å². The number of nitrogens with zero attached hydrogens (tertiary/aromatic N) is 6. The molecule has 0 radical (unpaired) electrons. The Labute approximate surface area is 209 Å². The summed E-state index contributed by atoms with van der Waals surface area (Å²) in [6.07, 6.45) is -0.494. The number of hydrogen-bond acceptors (Lipinski definition) is 9. The van der Waals surface area contributed by atoms with Gasteiger partial charge in [0.25, 0.3) is 11.5 Å². The second kappa shape index (κ2) is 9.33. The normalized spacial score (nSPS) is 16.4. The quantitative estimate of drug-likeness (QED) is 0.499. The third-order valence-corrected chi connectivity index (χ3v) is 6.43. The van der Waals surface area contributed by atoms with E-state index in [-0.39, 0.29) is 57.2 Å². The van der Waals surface area contributed by atoms with E-state index in [1.54, 1.807) is 36.1 Å². The number of piperidine rings is 1. The maximum atomic E-state index is 13.5. The van der Waals surface area contributed by atoms with E-state index in [0.717, 1.165) is 4.57 Å². The molecule has 0 saturated carbocycles. The minimum absolute atomic E-state index is 0.0741. The molecule has 37 heavy (non-hydrogen) atoms. The Morgan fingerprint density at radius 2 is 2.00 bits per heavy atom. The summed E-state index contributed by atoms with van der Waals surface area (Å²) in [5, 5.41) is 9.56. The predicted octanol–water partition coefficient (Wildman–Crippen LogP) is 1.35. The van der Waals surface area contributed by atoms with Crippen LogP contribution in [0, 0.1) is 6.92 Å². The van der Waals surface area contributed by atoms with Crippen LogP contribution >= 0.6 is 0 Å². The third-order valence-electron chi connectivity index (χ3n) is 6.43. The molecule has 3 aromatic heterocycles. The predicted molar refractivity (Wildman–Crippen MR) is 131 cm³/mol. The molecule has 196 valence electrons. The van der Waals surface area contributed by atoms with E-state index in [4.69, 9.17) is 4.52 Å². The van der Waals surface area contributed by atoms with Gasteiger partial charge in [-0.25, -0.2) is 18.6 Å². The molecule has 0 aromatic carbocycles. The smallest absolute Gasteiger partial charge is 0.332 e. The summed E-state index contributed by atoms with van der Waals surface area (Å²) < 4.78 is 34.4. The Morgan fingerprint density at radius 1 is 1.24 bits per heavy atom. The Balaban J connectivity index is 1.32. The van der Waals surface area contributed by atoms with Crippen LogP contribution in [0.15, 0.2) is 38.4 Å². The van der Waals surface area contributed by atoms with E-state index in [9.17, 15) is 23.2 Å². The summed E-state index contributed by atoms with van der Waals surface area (Å²) >= 11 is 0. The Kier molecular flexibility index (Phi) is 6.17. The lowest BCUT2D eigenvalue weighted by atomic mass is 10.1. The number of pyridine rings is 1. The number of carbonyl (C=O) groups is 1. The van der Waals surface area contributed by atoms with Crippen LogP contribution in [0.1, 0.15) is 24.3 Å². The number of fused-ring (bicyclic) bond motifs is 1. The van der Waals surface area contributed by atoms with E-state index >= 15 is 0 Å². The molecule has 0 bridgehead atoms. The molecular formula is C23H26F2N8O4. The summed E-state index contributed by atoms with van der Waals surface area (Å²) in [5.74, 6) is -1.46. The van der Waals surface area contributed by atoms with E-state index in [1.807, 2.05) is 0 Å². The Morgan fingerprint density at radius 3 is 2.70 bits per heavy atom. The molecule has 2 aliphatic heterocycles. The minimum Gasteiger partial charge on any atom is -0.361 e. The molecule has 3 aromatic rings. The van der Waals surface area contributed by atoms with Crippen molar-refractivity contribution in [3.05, 3.63) is 56.6 Å². The first-order valence-electron chi connectivity index (χ1n) is 11.8. The molecular weight excluding hydrogens is 490 g/mol. The number of halogens is 2. The monoisotopic (exact) mass is 516 g/mol. The van der Waals surface area contributed by atoms with Crippen molar-refractivity contribution in [1.82, 2.24) is 19.3 Å². The summed E-state index contributed by atoms with van der Waals surface area (Å²) in [4.78, 5) is 46.6. The van der Waals surface area contributed by atoms with Gasteiger partial charge in [0, 0.05) is 39.0 Å². The number of anilines is 4. The van der Waals surface area contributed by atoms with Crippen LogP contribution < -0.4 is 31.7 Å². The molecule has 2 N–H and O–H groups in total. The number of amides is 1. The second-order valence-corrected chi connectivity index (χ2v) is 9.16. The van der Waals surface area contributed by atoms with Crippen molar-refractivity contribution in [3.8, 4) is 0 Å². The average Bonchev–Trinajstić information content (AvgIpc) is 3.46. The van der Waals surface area contributed by atoms with Gasteiger partial charge in [0.15, 0.2) is 0 Å². The molecule has 1 amide bonds. The van der Waals surface area contributed by atoms with E-state index in [2.05, 4.69) is 20.8 Å². The highest BCUT2D eigenvalue weighted by atomic mass is 19.3. The van der Waals surface area contributed by atoms with Gasteiger partial charge in [-0.3, -0.25) is 18.7 Å². The van der Waals surface area contributed by atoms with Gasteiger partial charge in [-0.05, 0) is 19.1 Å². The first-order valence-corrected chi connectivity index (χ1v) is 11.8. The van der Waals surface area contributed by atoms with Gasteiger partial charge in [0.2, 0.25) is 5.91 Å². The number of hydrogen-bond donors (Lipinski definition) is 2. The molecule has 12 nitrogen and oxygen atoms in total. The summed E-state index contributed by atoms with van der Waals surface area (Å²) in [6.45, 7) is 1.94. The fourth-order valence-corrected chi connectivity index (χ4v) is 4.50. The first-order chi connectivity index (χ1) is 17.6. The van der Waals surface area contributed by atoms with E-state index < -0.39 is 23.1 Å². The Hall–Kier alpha value is -4.23. The van der Waals surface area contributed by atoms with Crippen molar-refractivity contribution < 1.29 is 18.1 Å². The second-order valence-electron chi connectivity index (χ2n) is 9.16. The molecule has 0 unspecified atom stereocenters. The van der Waals surface area contributed by atoms with Crippen molar-refractivity contribution in [2.75, 3.05) is 46.7 Å². The van der Waals surface area contributed by atoms with Gasteiger partial charge >= 0.3 is 5.69 Å². The molecule has 14 heteroatoms. The van der Waals surface area contributed by atoms with E-state index in [0.29, 0.717) is 23.1 Å².